The molecule has 0 saturated heterocycles. The fourth-order valence-electron chi connectivity index (χ4n) is 0.698. The Morgan fingerprint density at radius 2 is 2.45 bits per heavy atom. The van der Waals surface area contributed by atoms with Gasteiger partial charge in [0, 0.05) is 7.05 Å². The highest BCUT2D eigenvalue weighted by atomic mass is 16.4. The van der Waals surface area contributed by atoms with E-state index in [-0.39, 0.29) is 5.84 Å². The number of aryl methyl sites for hydroxylation is 1. The maximum Gasteiger partial charge on any atom is 0.175 e. The number of oxime groups is 1. The van der Waals surface area contributed by atoms with E-state index in [0.717, 1.165) is 0 Å². The smallest absolute Gasteiger partial charge is 0.175 e. The molecule has 0 saturated carbocycles. The lowest BCUT2D eigenvalue weighted by molar-refractivity contribution is 0.318. The molecule has 1 rings (SSSR count). The summed E-state index contributed by atoms with van der Waals surface area (Å²) < 4.78 is 1.44. The number of anilines is 1. The predicted octanol–water partition coefficient (Wildman–Crippen LogP) is -0.903. The van der Waals surface area contributed by atoms with Gasteiger partial charge in [-0.25, -0.2) is 0 Å². The van der Waals surface area contributed by atoms with Crippen LogP contribution in [0.15, 0.2) is 11.4 Å². The zero-order valence-corrected chi connectivity index (χ0v) is 6.02. The Labute approximate surface area is 63.1 Å². The van der Waals surface area contributed by atoms with E-state index in [4.69, 9.17) is 16.7 Å². The van der Waals surface area contributed by atoms with E-state index in [9.17, 15) is 0 Å². The molecule has 11 heavy (non-hydrogen) atoms. The van der Waals surface area contributed by atoms with Gasteiger partial charge in [0.2, 0.25) is 0 Å². The molecular weight excluding hydrogens is 146 g/mol. The van der Waals surface area contributed by atoms with E-state index < -0.39 is 0 Å². The minimum atomic E-state index is -0.0319. The van der Waals surface area contributed by atoms with Crippen LogP contribution in [0.5, 0.6) is 0 Å². The van der Waals surface area contributed by atoms with Crippen molar-refractivity contribution in [1.29, 1.82) is 0 Å². The molecule has 1 aromatic heterocycles. The van der Waals surface area contributed by atoms with E-state index in [1.54, 1.807) is 7.05 Å². The second-order valence-corrected chi connectivity index (χ2v) is 2.05. The van der Waals surface area contributed by atoms with E-state index in [1.807, 2.05) is 0 Å². The lowest BCUT2D eigenvalue weighted by Crippen LogP contribution is -2.14. The third-order valence-electron chi connectivity index (χ3n) is 1.37. The number of aromatic nitrogens is 2. The van der Waals surface area contributed by atoms with Gasteiger partial charge < -0.3 is 16.7 Å². The van der Waals surface area contributed by atoms with Crippen LogP contribution in [0.2, 0.25) is 0 Å². The molecule has 0 unspecified atom stereocenters. The normalized spacial score (nSPS) is 11.9. The highest BCUT2D eigenvalue weighted by Crippen LogP contribution is 2.07. The van der Waals surface area contributed by atoms with Gasteiger partial charge in [0.15, 0.2) is 5.84 Å². The second-order valence-electron chi connectivity index (χ2n) is 2.05. The Balaban J connectivity index is 3.15. The van der Waals surface area contributed by atoms with Gasteiger partial charge in [-0.1, -0.05) is 5.16 Å². The summed E-state index contributed by atoms with van der Waals surface area (Å²) in [5, 5.41) is 14.9. The van der Waals surface area contributed by atoms with Crippen molar-refractivity contribution in [3.8, 4) is 0 Å². The monoisotopic (exact) mass is 155 g/mol. The summed E-state index contributed by atoms with van der Waals surface area (Å²) in [6, 6.07) is 0. The Hall–Kier alpha value is -1.72. The zero-order valence-electron chi connectivity index (χ0n) is 6.02. The summed E-state index contributed by atoms with van der Waals surface area (Å²) in [5.41, 5.74) is 11.2. The number of rotatable bonds is 1. The van der Waals surface area contributed by atoms with Crippen molar-refractivity contribution in [2.45, 2.75) is 0 Å². The molecule has 6 heteroatoms. The van der Waals surface area contributed by atoms with Gasteiger partial charge in [-0.2, -0.15) is 5.10 Å². The molecule has 0 aliphatic rings. The topological polar surface area (TPSA) is 102 Å². The molecule has 0 atom stereocenters. The zero-order chi connectivity index (χ0) is 8.43. The SMILES string of the molecule is Cn1ncc(C(N)=NO)c1N. The fraction of sp³-hybridized carbons (Fsp3) is 0.200. The van der Waals surface area contributed by atoms with Crippen molar-refractivity contribution < 1.29 is 5.21 Å². The highest BCUT2D eigenvalue weighted by molar-refractivity contribution is 6.00. The molecule has 0 aliphatic heterocycles. The first-order chi connectivity index (χ1) is 5.16. The first-order valence-electron chi connectivity index (χ1n) is 2.92. The molecule has 0 aromatic carbocycles. The molecule has 1 heterocycles. The van der Waals surface area contributed by atoms with Crippen LogP contribution in [0.1, 0.15) is 5.56 Å². The molecule has 60 valence electrons. The molecule has 0 bridgehead atoms. The first-order valence-corrected chi connectivity index (χ1v) is 2.92. The molecule has 0 fully saturated rings. The quantitative estimate of drug-likeness (QED) is 0.211. The number of nitrogens with two attached hydrogens (primary N) is 2. The molecule has 0 amide bonds. The summed E-state index contributed by atoms with van der Waals surface area (Å²) in [4.78, 5) is 0. The van der Waals surface area contributed by atoms with Crippen molar-refractivity contribution in [2.75, 3.05) is 5.73 Å². The van der Waals surface area contributed by atoms with Crippen molar-refractivity contribution in [3.05, 3.63) is 11.8 Å². The summed E-state index contributed by atoms with van der Waals surface area (Å²) >= 11 is 0. The molecule has 6 nitrogen and oxygen atoms in total. The number of hydrogen-bond acceptors (Lipinski definition) is 4. The summed E-state index contributed by atoms with van der Waals surface area (Å²) in [5.74, 6) is 0.343. The van der Waals surface area contributed by atoms with Gasteiger partial charge >= 0.3 is 0 Å². The molecule has 0 aliphatic carbocycles. The third-order valence-corrected chi connectivity index (χ3v) is 1.37. The van der Waals surface area contributed by atoms with Gasteiger partial charge in [0.25, 0.3) is 0 Å². The van der Waals surface area contributed by atoms with E-state index >= 15 is 0 Å². The summed E-state index contributed by atoms with van der Waals surface area (Å²) in [6.45, 7) is 0. The predicted molar refractivity (Wildman–Crippen MR) is 40.1 cm³/mol. The van der Waals surface area contributed by atoms with Gasteiger partial charge in [-0.3, -0.25) is 4.68 Å². The molecule has 0 radical (unpaired) electrons. The average Bonchev–Trinajstić information content (AvgIpc) is 2.32. The molecule has 1 aromatic rings. The average molecular weight is 155 g/mol. The van der Waals surface area contributed by atoms with E-state index in [2.05, 4.69) is 10.3 Å². The number of hydrogen-bond donors (Lipinski definition) is 3. The maximum atomic E-state index is 8.29. The minimum Gasteiger partial charge on any atom is -0.409 e. The highest BCUT2D eigenvalue weighted by Gasteiger charge is 2.07. The van der Waals surface area contributed by atoms with Crippen LogP contribution >= 0.6 is 0 Å². The second kappa shape index (κ2) is 2.49. The van der Waals surface area contributed by atoms with Crippen LogP contribution in [0, 0.1) is 0 Å². The summed E-state index contributed by atoms with van der Waals surface area (Å²) in [7, 11) is 1.67. The van der Waals surface area contributed by atoms with Crippen molar-refractivity contribution in [1.82, 2.24) is 9.78 Å². The molecule has 0 spiro atoms. The Kier molecular flexibility index (Phi) is 1.67. The van der Waals surface area contributed by atoms with Crippen molar-refractivity contribution in [3.63, 3.8) is 0 Å². The standard InChI is InChI=1S/C5H9N5O/c1-10-5(7)3(2-8-10)4(6)9-11/h2,11H,7H2,1H3,(H2,6,9). The Bertz CT molecular complexity index is 289. The van der Waals surface area contributed by atoms with Crippen LogP contribution in [0.3, 0.4) is 0 Å². The van der Waals surface area contributed by atoms with Gasteiger partial charge in [-0.05, 0) is 0 Å². The number of nitrogens with zero attached hydrogens (tertiary/aromatic N) is 3. The number of nitrogen functional groups attached to an aromatic ring is 1. The Morgan fingerprint density at radius 1 is 1.82 bits per heavy atom. The maximum absolute atomic E-state index is 8.29. The molecule has 5 N–H and O–H groups in total. The number of amidine groups is 1. The fourth-order valence-corrected chi connectivity index (χ4v) is 0.698. The van der Waals surface area contributed by atoms with Crippen LogP contribution in [0.4, 0.5) is 5.82 Å². The Morgan fingerprint density at radius 3 is 2.82 bits per heavy atom. The third kappa shape index (κ3) is 1.09. The molecular formula is C5H9N5O. The van der Waals surface area contributed by atoms with E-state index in [1.165, 1.54) is 10.9 Å². The van der Waals surface area contributed by atoms with Crippen LogP contribution in [0.25, 0.3) is 0 Å². The van der Waals surface area contributed by atoms with Crippen LogP contribution < -0.4 is 11.5 Å². The lowest BCUT2D eigenvalue weighted by atomic mass is 10.3. The van der Waals surface area contributed by atoms with Crippen molar-refractivity contribution >= 4 is 11.7 Å². The van der Waals surface area contributed by atoms with Crippen LogP contribution in [-0.4, -0.2) is 20.8 Å². The van der Waals surface area contributed by atoms with E-state index in [0.29, 0.717) is 11.4 Å². The first kappa shape index (κ1) is 7.39. The lowest BCUT2D eigenvalue weighted by Gasteiger charge is -1.96. The van der Waals surface area contributed by atoms with Gasteiger partial charge in [0.1, 0.15) is 5.82 Å². The van der Waals surface area contributed by atoms with Crippen molar-refractivity contribution in [2.24, 2.45) is 17.9 Å². The largest absolute Gasteiger partial charge is 0.409 e. The van der Waals surface area contributed by atoms with Gasteiger partial charge in [-0.15, -0.1) is 0 Å². The minimum absolute atomic E-state index is 0.0319. The van der Waals surface area contributed by atoms with Gasteiger partial charge in [0.05, 0.1) is 11.8 Å². The summed E-state index contributed by atoms with van der Waals surface area (Å²) in [6.07, 6.45) is 1.43. The van der Waals surface area contributed by atoms with Crippen LogP contribution in [-0.2, 0) is 7.05 Å².